The van der Waals surface area contributed by atoms with E-state index in [1.165, 1.54) is 5.56 Å². The summed E-state index contributed by atoms with van der Waals surface area (Å²) in [4.78, 5) is 0. The van der Waals surface area contributed by atoms with Gasteiger partial charge in [-0.15, -0.1) is 0 Å². The maximum atomic E-state index is 9.61. The van der Waals surface area contributed by atoms with E-state index in [4.69, 9.17) is 4.74 Å². The molecule has 82 valence electrons. The molecule has 1 heterocycles. The van der Waals surface area contributed by atoms with E-state index in [0.29, 0.717) is 6.61 Å². The summed E-state index contributed by atoms with van der Waals surface area (Å²) in [6, 6.07) is 8.06. The van der Waals surface area contributed by atoms with Crippen LogP contribution in [0.2, 0.25) is 0 Å². The van der Waals surface area contributed by atoms with Crippen molar-refractivity contribution in [2.75, 3.05) is 13.2 Å². The molecule has 0 aliphatic carbocycles. The van der Waals surface area contributed by atoms with Gasteiger partial charge in [-0.05, 0) is 12.5 Å². The summed E-state index contributed by atoms with van der Waals surface area (Å²) < 4.78 is 5.64. The molecule has 1 N–H and O–H groups in total. The van der Waals surface area contributed by atoms with Crippen molar-refractivity contribution < 1.29 is 9.84 Å². The van der Waals surface area contributed by atoms with Gasteiger partial charge < -0.3 is 9.84 Å². The van der Waals surface area contributed by atoms with Gasteiger partial charge in [0.1, 0.15) is 12.4 Å². The minimum Gasteiger partial charge on any atom is -0.492 e. The van der Waals surface area contributed by atoms with Crippen molar-refractivity contribution in [2.45, 2.75) is 31.6 Å². The lowest BCUT2D eigenvalue weighted by Gasteiger charge is -2.25. The van der Waals surface area contributed by atoms with Crippen molar-refractivity contribution >= 4 is 0 Å². The Hall–Kier alpha value is -1.02. The van der Waals surface area contributed by atoms with Gasteiger partial charge in [0.25, 0.3) is 0 Å². The van der Waals surface area contributed by atoms with E-state index >= 15 is 0 Å². The van der Waals surface area contributed by atoms with Crippen molar-refractivity contribution in [1.29, 1.82) is 0 Å². The van der Waals surface area contributed by atoms with Crippen molar-refractivity contribution in [3.05, 3.63) is 29.8 Å². The van der Waals surface area contributed by atoms with Gasteiger partial charge >= 0.3 is 0 Å². The molecule has 1 atom stereocenters. The maximum absolute atomic E-state index is 9.61. The summed E-state index contributed by atoms with van der Waals surface area (Å²) in [7, 11) is 0. The van der Waals surface area contributed by atoms with Crippen molar-refractivity contribution in [2.24, 2.45) is 0 Å². The van der Waals surface area contributed by atoms with Crippen molar-refractivity contribution in [3.8, 4) is 5.75 Å². The first-order chi connectivity index (χ1) is 7.32. The molecule has 1 aliphatic heterocycles. The Kier molecular flexibility index (Phi) is 2.96. The number of hydrogen-bond donors (Lipinski definition) is 1. The van der Waals surface area contributed by atoms with Gasteiger partial charge in [-0.25, -0.2) is 0 Å². The molecular weight excluding hydrogens is 188 g/mol. The molecule has 0 unspecified atom stereocenters. The Labute approximate surface area is 90.9 Å². The van der Waals surface area contributed by atoms with E-state index in [-0.39, 0.29) is 12.0 Å². The molecule has 0 spiro atoms. The van der Waals surface area contributed by atoms with Crippen LogP contribution < -0.4 is 4.74 Å². The Morgan fingerprint density at radius 2 is 2.20 bits per heavy atom. The predicted molar refractivity (Wildman–Crippen MR) is 60.2 cm³/mol. The number of aliphatic hydroxyl groups excluding tert-OH is 1. The van der Waals surface area contributed by atoms with Gasteiger partial charge in [-0.3, -0.25) is 0 Å². The number of hydrogen-bond acceptors (Lipinski definition) is 2. The zero-order chi connectivity index (χ0) is 10.7. The summed E-state index contributed by atoms with van der Waals surface area (Å²) in [6.07, 6.45) is 3.30. The summed E-state index contributed by atoms with van der Waals surface area (Å²) in [5, 5.41) is 9.61. The fraction of sp³-hybridized carbons (Fsp3) is 0.538. The largest absolute Gasteiger partial charge is 0.492 e. The van der Waals surface area contributed by atoms with E-state index in [0.717, 1.165) is 25.0 Å². The van der Waals surface area contributed by atoms with Crippen LogP contribution in [0, 0.1) is 0 Å². The third kappa shape index (κ3) is 1.74. The van der Waals surface area contributed by atoms with Crippen LogP contribution in [0.5, 0.6) is 5.75 Å². The smallest absolute Gasteiger partial charge is 0.123 e. The zero-order valence-corrected chi connectivity index (χ0v) is 9.20. The van der Waals surface area contributed by atoms with Gasteiger partial charge in [0.2, 0.25) is 0 Å². The molecule has 2 rings (SSSR count). The molecule has 0 radical (unpaired) electrons. The lowest BCUT2D eigenvalue weighted by atomic mass is 9.79. The van der Waals surface area contributed by atoms with Crippen LogP contribution in [-0.4, -0.2) is 18.3 Å². The number of ether oxygens (including phenoxy) is 1. The van der Waals surface area contributed by atoms with Crippen LogP contribution in [0.3, 0.4) is 0 Å². The number of para-hydroxylation sites is 1. The van der Waals surface area contributed by atoms with Gasteiger partial charge in [-0.2, -0.15) is 0 Å². The Bertz CT molecular complexity index is 335. The Balaban J connectivity index is 2.28. The quantitative estimate of drug-likeness (QED) is 0.820. The lowest BCUT2D eigenvalue weighted by molar-refractivity contribution is 0.148. The molecule has 0 saturated carbocycles. The predicted octanol–water partition coefficient (Wildman–Crippen LogP) is 2.50. The van der Waals surface area contributed by atoms with Gasteiger partial charge in [0, 0.05) is 5.56 Å². The first-order valence-corrected chi connectivity index (χ1v) is 5.65. The summed E-state index contributed by atoms with van der Waals surface area (Å²) in [6.45, 7) is 2.99. The SMILES string of the molecule is CCCC[C@]1(CO)COc2ccccc21. The average Bonchev–Trinajstić information content (AvgIpc) is 2.66. The van der Waals surface area contributed by atoms with E-state index in [1.54, 1.807) is 0 Å². The minimum absolute atomic E-state index is 0.146. The zero-order valence-electron chi connectivity index (χ0n) is 9.20. The van der Waals surface area contributed by atoms with Gasteiger partial charge in [0.15, 0.2) is 0 Å². The average molecular weight is 206 g/mol. The van der Waals surface area contributed by atoms with Crippen LogP contribution in [0.25, 0.3) is 0 Å². The molecular formula is C13H18O2. The first-order valence-electron chi connectivity index (χ1n) is 5.65. The molecule has 0 amide bonds. The topological polar surface area (TPSA) is 29.5 Å². The second kappa shape index (κ2) is 4.23. The maximum Gasteiger partial charge on any atom is 0.123 e. The molecule has 0 saturated heterocycles. The van der Waals surface area contributed by atoms with Crippen molar-refractivity contribution in [3.63, 3.8) is 0 Å². The highest BCUT2D eigenvalue weighted by Gasteiger charge is 2.39. The molecule has 2 nitrogen and oxygen atoms in total. The van der Waals surface area contributed by atoms with Gasteiger partial charge in [0.05, 0.1) is 12.0 Å². The second-order valence-electron chi connectivity index (χ2n) is 4.33. The normalized spacial score (nSPS) is 23.6. The highest BCUT2D eigenvalue weighted by Crippen LogP contribution is 2.41. The second-order valence-corrected chi connectivity index (χ2v) is 4.33. The minimum atomic E-state index is -0.146. The number of aliphatic hydroxyl groups is 1. The fourth-order valence-electron chi connectivity index (χ4n) is 2.26. The van der Waals surface area contributed by atoms with Crippen LogP contribution in [0.15, 0.2) is 24.3 Å². The number of fused-ring (bicyclic) bond motifs is 1. The standard InChI is InChI=1S/C13H18O2/c1-2-3-8-13(9-14)10-15-12-7-5-4-6-11(12)13/h4-7,14H,2-3,8-10H2,1H3/t13-/m0/s1. The summed E-state index contributed by atoms with van der Waals surface area (Å²) in [5.41, 5.74) is 1.04. The Morgan fingerprint density at radius 3 is 2.93 bits per heavy atom. The third-order valence-electron chi connectivity index (χ3n) is 3.27. The van der Waals surface area contributed by atoms with E-state index in [9.17, 15) is 5.11 Å². The monoisotopic (exact) mass is 206 g/mol. The molecule has 1 aromatic rings. The number of benzene rings is 1. The summed E-state index contributed by atoms with van der Waals surface area (Å²) in [5.74, 6) is 0.947. The van der Waals surface area contributed by atoms with E-state index < -0.39 is 0 Å². The Morgan fingerprint density at radius 1 is 1.40 bits per heavy atom. The molecule has 1 aliphatic rings. The highest BCUT2D eigenvalue weighted by atomic mass is 16.5. The van der Waals surface area contributed by atoms with Gasteiger partial charge in [-0.1, -0.05) is 38.0 Å². The van der Waals surface area contributed by atoms with E-state index in [2.05, 4.69) is 13.0 Å². The molecule has 2 heteroatoms. The highest BCUT2D eigenvalue weighted by molar-refractivity contribution is 5.43. The number of unbranched alkanes of at least 4 members (excludes halogenated alkanes) is 1. The van der Waals surface area contributed by atoms with Crippen molar-refractivity contribution in [1.82, 2.24) is 0 Å². The molecule has 0 fully saturated rings. The number of rotatable bonds is 4. The summed E-state index contributed by atoms with van der Waals surface area (Å²) >= 11 is 0. The van der Waals surface area contributed by atoms with E-state index in [1.807, 2.05) is 18.2 Å². The van der Waals surface area contributed by atoms with Crippen LogP contribution in [-0.2, 0) is 5.41 Å². The fourth-order valence-corrected chi connectivity index (χ4v) is 2.26. The third-order valence-corrected chi connectivity index (χ3v) is 3.27. The molecule has 0 aromatic heterocycles. The first kappa shape index (κ1) is 10.5. The molecule has 1 aromatic carbocycles. The molecule has 0 bridgehead atoms. The van der Waals surface area contributed by atoms with Crippen LogP contribution >= 0.6 is 0 Å². The van der Waals surface area contributed by atoms with Crippen LogP contribution in [0.1, 0.15) is 31.7 Å². The molecule has 15 heavy (non-hydrogen) atoms. The lowest BCUT2D eigenvalue weighted by Crippen LogP contribution is -2.32. The van der Waals surface area contributed by atoms with Crippen LogP contribution in [0.4, 0.5) is 0 Å².